The third kappa shape index (κ3) is 3.97. The number of hydrazine groups is 1. The molecule has 8 heteroatoms. The van der Waals surface area contributed by atoms with E-state index in [4.69, 9.17) is 5.11 Å². The monoisotopic (exact) mass is 316 g/mol. The zero-order valence-corrected chi connectivity index (χ0v) is 11.6. The summed E-state index contributed by atoms with van der Waals surface area (Å²) in [5.74, 6) is -3.02. The molecule has 0 spiro atoms. The van der Waals surface area contributed by atoms with Gasteiger partial charge in [0, 0.05) is 18.7 Å². The van der Waals surface area contributed by atoms with E-state index in [0.717, 1.165) is 0 Å². The van der Waals surface area contributed by atoms with Crippen LogP contribution in [0.1, 0.15) is 33.6 Å². The van der Waals surface area contributed by atoms with Crippen LogP contribution in [-0.4, -0.2) is 41.3 Å². The van der Waals surface area contributed by atoms with Crippen molar-refractivity contribution in [1.29, 1.82) is 0 Å². The second-order valence-corrected chi connectivity index (χ2v) is 5.13. The predicted octanol–water partition coefficient (Wildman–Crippen LogP) is 2.30. The highest BCUT2D eigenvalue weighted by Gasteiger charge is 2.41. The van der Waals surface area contributed by atoms with Crippen molar-refractivity contribution in [2.24, 2.45) is 5.92 Å². The minimum atomic E-state index is -4.20. The molecule has 0 atom stereocenters. The van der Waals surface area contributed by atoms with E-state index in [9.17, 15) is 22.8 Å². The number of hydrogen-bond acceptors (Lipinski definition) is 3. The summed E-state index contributed by atoms with van der Waals surface area (Å²) in [6, 6.07) is 5.46. The average molecular weight is 316 g/mol. The first kappa shape index (κ1) is 16.3. The smallest absolute Gasteiger partial charge is 0.391 e. The van der Waals surface area contributed by atoms with Crippen LogP contribution in [0.3, 0.4) is 0 Å². The molecule has 0 aromatic heterocycles. The maximum atomic E-state index is 12.6. The second kappa shape index (κ2) is 6.35. The Morgan fingerprint density at radius 1 is 1.18 bits per heavy atom. The van der Waals surface area contributed by atoms with Crippen LogP contribution in [0.5, 0.6) is 0 Å². The molecule has 1 aromatic rings. The highest BCUT2D eigenvalue weighted by molar-refractivity contribution is 5.97. The van der Waals surface area contributed by atoms with Crippen molar-refractivity contribution in [3.63, 3.8) is 0 Å². The van der Waals surface area contributed by atoms with Crippen LogP contribution in [-0.2, 0) is 0 Å². The molecule has 1 fully saturated rings. The normalized spacial score (nSPS) is 17.2. The van der Waals surface area contributed by atoms with Gasteiger partial charge in [0.25, 0.3) is 5.91 Å². The second-order valence-electron chi connectivity index (χ2n) is 5.13. The molecule has 0 bridgehead atoms. The largest absolute Gasteiger partial charge is 0.478 e. The fraction of sp³-hybridized carbons (Fsp3) is 0.429. The molecule has 0 radical (unpaired) electrons. The van der Waals surface area contributed by atoms with Crippen molar-refractivity contribution in [3.8, 4) is 0 Å². The van der Waals surface area contributed by atoms with Crippen molar-refractivity contribution >= 4 is 11.9 Å². The predicted molar refractivity (Wildman–Crippen MR) is 71.2 cm³/mol. The summed E-state index contributed by atoms with van der Waals surface area (Å²) in [4.78, 5) is 22.8. The first-order valence-corrected chi connectivity index (χ1v) is 6.73. The molecule has 1 amide bonds. The maximum Gasteiger partial charge on any atom is 0.391 e. The third-order valence-corrected chi connectivity index (χ3v) is 3.59. The van der Waals surface area contributed by atoms with Crippen molar-refractivity contribution in [2.75, 3.05) is 13.1 Å². The molecule has 0 saturated carbocycles. The Morgan fingerprint density at radius 2 is 1.77 bits per heavy atom. The Balaban J connectivity index is 1.94. The van der Waals surface area contributed by atoms with Gasteiger partial charge in [-0.15, -0.1) is 0 Å². The number of halogens is 3. The molecule has 1 saturated heterocycles. The van der Waals surface area contributed by atoms with E-state index >= 15 is 0 Å². The summed E-state index contributed by atoms with van der Waals surface area (Å²) in [5, 5.41) is 10.3. The molecule has 5 nitrogen and oxygen atoms in total. The highest BCUT2D eigenvalue weighted by Crippen LogP contribution is 2.33. The number of aromatic carboxylic acids is 1. The van der Waals surface area contributed by atoms with Gasteiger partial charge >= 0.3 is 12.1 Å². The number of hydrogen-bond donors (Lipinski definition) is 2. The Kier molecular flexibility index (Phi) is 4.70. The number of carboxylic acids is 1. The molecular weight excluding hydrogens is 301 g/mol. The Morgan fingerprint density at radius 3 is 2.32 bits per heavy atom. The van der Waals surface area contributed by atoms with E-state index in [1.165, 1.54) is 29.3 Å². The SMILES string of the molecule is O=C(O)c1cccc(C(=O)NN2CCC(C(F)(F)F)CC2)c1. The molecule has 120 valence electrons. The van der Waals surface area contributed by atoms with Gasteiger partial charge in [0.05, 0.1) is 11.5 Å². The van der Waals surface area contributed by atoms with Crippen LogP contribution in [0.25, 0.3) is 0 Å². The number of benzene rings is 1. The van der Waals surface area contributed by atoms with Gasteiger partial charge in [-0.1, -0.05) is 6.07 Å². The van der Waals surface area contributed by atoms with Gasteiger partial charge in [-0.05, 0) is 31.0 Å². The first-order valence-electron chi connectivity index (χ1n) is 6.73. The van der Waals surface area contributed by atoms with Gasteiger partial charge in [-0.2, -0.15) is 13.2 Å². The third-order valence-electron chi connectivity index (χ3n) is 3.59. The van der Waals surface area contributed by atoms with Crippen molar-refractivity contribution in [1.82, 2.24) is 10.4 Å². The number of alkyl halides is 3. The maximum absolute atomic E-state index is 12.6. The lowest BCUT2D eigenvalue weighted by Gasteiger charge is -2.32. The van der Waals surface area contributed by atoms with E-state index in [2.05, 4.69) is 5.43 Å². The van der Waals surface area contributed by atoms with Gasteiger partial charge in [-0.25, -0.2) is 9.80 Å². The van der Waals surface area contributed by atoms with Gasteiger partial charge in [0.2, 0.25) is 0 Å². The molecule has 0 aliphatic carbocycles. The number of carboxylic acid groups (broad SMARTS) is 1. The number of piperidine rings is 1. The Hall–Kier alpha value is -2.09. The minimum absolute atomic E-state index is 0.0246. The van der Waals surface area contributed by atoms with E-state index in [-0.39, 0.29) is 37.1 Å². The highest BCUT2D eigenvalue weighted by atomic mass is 19.4. The zero-order valence-electron chi connectivity index (χ0n) is 11.6. The van der Waals surface area contributed by atoms with Crippen LogP contribution in [0.15, 0.2) is 24.3 Å². The quantitative estimate of drug-likeness (QED) is 0.898. The molecule has 22 heavy (non-hydrogen) atoms. The van der Waals surface area contributed by atoms with Crippen LogP contribution < -0.4 is 5.43 Å². The van der Waals surface area contributed by atoms with Gasteiger partial charge in [-0.3, -0.25) is 10.2 Å². The van der Waals surface area contributed by atoms with Crippen molar-refractivity contribution in [3.05, 3.63) is 35.4 Å². The lowest BCUT2D eigenvalue weighted by Crippen LogP contribution is -2.48. The van der Waals surface area contributed by atoms with Crippen LogP contribution >= 0.6 is 0 Å². The number of amides is 1. The molecule has 1 heterocycles. The Bertz CT molecular complexity index is 567. The van der Waals surface area contributed by atoms with Crippen LogP contribution in [0.4, 0.5) is 13.2 Å². The standard InChI is InChI=1S/C14H15F3N2O3/c15-14(16,17)11-4-6-19(7-5-11)18-12(20)9-2-1-3-10(8-9)13(21)22/h1-3,8,11H,4-7H2,(H,18,20)(H,21,22). The lowest BCUT2D eigenvalue weighted by atomic mass is 9.97. The molecule has 1 aliphatic rings. The van der Waals surface area contributed by atoms with Crippen LogP contribution in [0.2, 0.25) is 0 Å². The average Bonchev–Trinajstić information content (AvgIpc) is 2.47. The van der Waals surface area contributed by atoms with E-state index < -0.39 is 24.0 Å². The summed E-state index contributed by atoms with van der Waals surface area (Å²) in [6.45, 7) is 0.211. The molecule has 2 rings (SSSR count). The summed E-state index contributed by atoms with van der Waals surface area (Å²) in [7, 11) is 0. The number of carbonyl (C=O) groups excluding carboxylic acids is 1. The van der Waals surface area contributed by atoms with Gasteiger partial charge in [0.1, 0.15) is 0 Å². The topological polar surface area (TPSA) is 69.6 Å². The summed E-state index contributed by atoms with van der Waals surface area (Å²) >= 11 is 0. The molecule has 1 aliphatic heterocycles. The summed E-state index contributed by atoms with van der Waals surface area (Å²) in [5.41, 5.74) is 2.63. The zero-order chi connectivity index (χ0) is 16.3. The summed E-state index contributed by atoms with van der Waals surface area (Å²) in [6.07, 6.45) is -4.34. The molecular formula is C14H15F3N2O3. The molecule has 1 aromatic carbocycles. The van der Waals surface area contributed by atoms with E-state index in [1.807, 2.05) is 0 Å². The number of nitrogens with zero attached hydrogens (tertiary/aromatic N) is 1. The fourth-order valence-corrected chi connectivity index (χ4v) is 2.32. The summed E-state index contributed by atoms with van der Waals surface area (Å²) < 4.78 is 37.7. The van der Waals surface area contributed by atoms with E-state index in [1.54, 1.807) is 0 Å². The van der Waals surface area contributed by atoms with Crippen molar-refractivity contribution < 1.29 is 27.9 Å². The number of carbonyl (C=O) groups is 2. The molecule has 0 unspecified atom stereocenters. The first-order chi connectivity index (χ1) is 10.3. The molecule has 2 N–H and O–H groups in total. The van der Waals surface area contributed by atoms with E-state index in [0.29, 0.717) is 0 Å². The van der Waals surface area contributed by atoms with Gasteiger partial charge in [0.15, 0.2) is 0 Å². The fourth-order valence-electron chi connectivity index (χ4n) is 2.32. The number of rotatable bonds is 3. The van der Waals surface area contributed by atoms with Crippen LogP contribution in [0, 0.1) is 5.92 Å². The Labute approximate surface area is 124 Å². The minimum Gasteiger partial charge on any atom is -0.478 e. The lowest BCUT2D eigenvalue weighted by molar-refractivity contribution is -0.186. The van der Waals surface area contributed by atoms with Gasteiger partial charge < -0.3 is 5.11 Å². The number of nitrogens with one attached hydrogen (secondary N) is 1. The van der Waals surface area contributed by atoms with Crippen molar-refractivity contribution in [2.45, 2.75) is 19.0 Å².